The summed E-state index contributed by atoms with van der Waals surface area (Å²) in [5, 5.41) is 7.93. The fourth-order valence-electron chi connectivity index (χ4n) is 2.24. The normalized spacial score (nSPS) is 19.0. The van der Waals surface area contributed by atoms with Crippen molar-refractivity contribution >= 4 is 5.84 Å². The molecule has 1 fully saturated rings. The van der Waals surface area contributed by atoms with Crippen molar-refractivity contribution in [1.29, 1.82) is 5.41 Å². The van der Waals surface area contributed by atoms with Gasteiger partial charge in [-0.1, -0.05) is 33.6 Å². The van der Waals surface area contributed by atoms with Crippen LogP contribution in [0.2, 0.25) is 0 Å². The molecule has 0 radical (unpaired) electrons. The molecule has 1 N–H and O–H groups in total. The Bertz CT molecular complexity index is 179. The Balaban J connectivity index is 2.32. The fraction of sp³-hybridized carbons (Fsp3) is 0.917. The van der Waals surface area contributed by atoms with Gasteiger partial charge in [-0.15, -0.1) is 0 Å². The lowest BCUT2D eigenvalue weighted by molar-refractivity contribution is 0.247. The Hall–Kier alpha value is -0.530. The molecule has 0 aromatic heterocycles. The van der Waals surface area contributed by atoms with Gasteiger partial charge in [0.2, 0.25) is 0 Å². The maximum Gasteiger partial charge on any atom is 0.0983 e. The van der Waals surface area contributed by atoms with Crippen LogP contribution in [0.15, 0.2) is 0 Å². The highest BCUT2D eigenvalue weighted by molar-refractivity contribution is 5.81. The van der Waals surface area contributed by atoms with Crippen LogP contribution < -0.4 is 0 Å². The van der Waals surface area contributed by atoms with E-state index in [9.17, 15) is 0 Å². The van der Waals surface area contributed by atoms with Crippen LogP contribution >= 0.6 is 0 Å². The molecule has 2 nitrogen and oxygen atoms in total. The van der Waals surface area contributed by atoms with Gasteiger partial charge in [0.05, 0.1) is 5.84 Å². The summed E-state index contributed by atoms with van der Waals surface area (Å²) in [6.07, 6.45) is 5.28. The third-order valence-corrected chi connectivity index (χ3v) is 3.20. The van der Waals surface area contributed by atoms with Crippen molar-refractivity contribution in [3.8, 4) is 0 Å². The van der Waals surface area contributed by atoms with Crippen molar-refractivity contribution in [3.63, 3.8) is 0 Å². The van der Waals surface area contributed by atoms with E-state index in [1.54, 1.807) is 0 Å². The van der Waals surface area contributed by atoms with Crippen LogP contribution in [0.4, 0.5) is 0 Å². The first-order chi connectivity index (χ1) is 6.65. The first-order valence-corrected chi connectivity index (χ1v) is 5.98. The van der Waals surface area contributed by atoms with Crippen molar-refractivity contribution in [2.75, 3.05) is 13.1 Å². The van der Waals surface area contributed by atoms with Gasteiger partial charge in [0.15, 0.2) is 0 Å². The Morgan fingerprint density at radius 3 is 2.36 bits per heavy atom. The molecule has 0 bridgehead atoms. The molecule has 1 heterocycles. The summed E-state index contributed by atoms with van der Waals surface area (Å²) in [5.74, 6) is 2.15. The zero-order chi connectivity index (χ0) is 10.6. The molecule has 82 valence electrons. The average molecular weight is 196 g/mol. The zero-order valence-electron chi connectivity index (χ0n) is 9.84. The number of hydrogen-bond donors (Lipinski definition) is 1. The molecule has 1 rings (SSSR count). The molecule has 2 heteroatoms. The number of hydrogen-bond acceptors (Lipinski definition) is 1. The van der Waals surface area contributed by atoms with Crippen molar-refractivity contribution in [3.05, 3.63) is 0 Å². The molecule has 1 saturated heterocycles. The highest BCUT2D eigenvalue weighted by Gasteiger charge is 2.21. The molecule has 0 spiro atoms. The number of nitrogens with one attached hydrogen (secondary N) is 1. The molecular weight excluding hydrogens is 172 g/mol. The number of piperidine rings is 1. The van der Waals surface area contributed by atoms with E-state index < -0.39 is 0 Å². The first-order valence-electron chi connectivity index (χ1n) is 5.98. The molecule has 0 atom stereocenters. The molecule has 0 saturated carbocycles. The fourth-order valence-corrected chi connectivity index (χ4v) is 2.24. The Morgan fingerprint density at radius 2 is 1.93 bits per heavy atom. The summed E-state index contributed by atoms with van der Waals surface area (Å²) in [4.78, 5) is 2.26. The van der Waals surface area contributed by atoms with Crippen LogP contribution in [-0.4, -0.2) is 23.8 Å². The predicted octanol–water partition coefficient (Wildman–Crippen LogP) is 3.13. The maximum absolute atomic E-state index is 7.93. The molecule has 1 aliphatic rings. The summed E-state index contributed by atoms with van der Waals surface area (Å²) in [6.45, 7) is 8.72. The Labute approximate surface area is 88.2 Å². The third-order valence-electron chi connectivity index (χ3n) is 3.20. The van der Waals surface area contributed by atoms with Crippen LogP contribution in [0.1, 0.15) is 46.5 Å². The highest BCUT2D eigenvalue weighted by Crippen LogP contribution is 2.22. The molecule has 0 aromatic carbocycles. The minimum absolute atomic E-state index is 0.387. The van der Waals surface area contributed by atoms with Gasteiger partial charge in [-0.05, 0) is 18.8 Å². The number of likely N-dealkylation sites (tertiary alicyclic amines) is 1. The quantitative estimate of drug-likeness (QED) is 0.545. The lowest BCUT2D eigenvalue weighted by Crippen LogP contribution is -2.40. The van der Waals surface area contributed by atoms with Gasteiger partial charge in [0.1, 0.15) is 0 Å². The van der Waals surface area contributed by atoms with Crippen LogP contribution in [0.3, 0.4) is 0 Å². The Morgan fingerprint density at radius 1 is 1.36 bits per heavy atom. The smallest absolute Gasteiger partial charge is 0.0983 e. The molecular formula is C12H24N2. The second-order valence-electron chi connectivity index (χ2n) is 4.76. The molecule has 0 aliphatic carbocycles. The minimum Gasteiger partial charge on any atom is -0.360 e. The second kappa shape index (κ2) is 5.38. The largest absolute Gasteiger partial charge is 0.360 e. The molecule has 0 unspecified atom stereocenters. The van der Waals surface area contributed by atoms with Gasteiger partial charge in [0, 0.05) is 19.0 Å². The Kier molecular flexibility index (Phi) is 4.43. The van der Waals surface area contributed by atoms with E-state index in [1.165, 1.54) is 25.7 Å². The van der Waals surface area contributed by atoms with Gasteiger partial charge in [-0.3, -0.25) is 5.41 Å². The monoisotopic (exact) mass is 196 g/mol. The minimum atomic E-state index is 0.387. The van der Waals surface area contributed by atoms with Gasteiger partial charge in [0.25, 0.3) is 0 Å². The summed E-state index contributed by atoms with van der Waals surface area (Å²) >= 11 is 0. The van der Waals surface area contributed by atoms with Gasteiger partial charge >= 0.3 is 0 Å². The topological polar surface area (TPSA) is 27.1 Å². The molecule has 0 aromatic rings. The van der Waals surface area contributed by atoms with Crippen LogP contribution in [0.5, 0.6) is 0 Å². The van der Waals surface area contributed by atoms with E-state index in [0.717, 1.165) is 24.8 Å². The lowest BCUT2D eigenvalue weighted by atomic mass is 9.92. The summed E-state index contributed by atoms with van der Waals surface area (Å²) in [5.41, 5.74) is 0. The second-order valence-corrected chi connectivity index (χ2v) is 4.76. The van der Waals surface area contributed by atoms with Crippen LogP contribution in [-0.2, 0) is 0 Å². The predicted molar refractivity (Wildman–Crippen MR) is 61.8 cm³/mol. The summed E-state index contributed by atoms with van der Waals surface area (Å²) in [6, 6.07) is 0. The molecule has 0 amide bonds. The third kappa shape index (κ3) is 3.00. The van der Waals surface area contributed by atoms with E-state index >= 15 is 0 Å². The molecule has 1 aliphatic heterocycles. The highest BCUT2D eigenvalue weighted by atomic mass is 15.2. The van der Waals surface area contributed by atoms with Crippen LogP contribution in [0.25, 0.3) is 0 Å². The molecule has 14 heavy (non-hydrogen) atoms. The standard InChI is InChI=1S/C12H24N2/c1-4-5-11-6-8-14(9-7-11)12(13)10(2)3/h10-11,13H,4-9H2,1-3H3. The number of amidine groups is 1. The van der Waals surface area contributed by atoms with E-state index in [2.05, 4.69) is 25.7 Å². The van der Waals surface area contributed by atoms with Crippen molar-refractivity contribution in [2.24, 2.45) is 11.8 Å². The van der Waals surface area contributed by atoms with Gasteiger partial charge < -0.3 is 4.90 Å². The average Bonchev–Trinajstić information content (AvgIpc) is 2.18. The van der Waals surface area contributed by atoms with Gasteiger partial charge in [-0.25, -0.2) is 0 Å². The van der Waals surface area contributed by atoms with Crippen LogP contribution in [0, 0.1) is 17.2 Å². The zero-order valence-corrected chi connectivity index (χ0v) is 9.84. The number of nitrogens with zero attached hydrogens (tertiary/aromatic N) is 1. The van der Waals surface area contributed by atoms with E-state index in [-0.39, 0.29) is 0 Å². The first kappa shape index (κ1) is 11.5. The summed E-state index contributed by atoms with van der Waals surface area (Å²) in [7, 11) is 0. The lowest BCUT2D eigenvalue weighted by Gasteiger charge is -2.34. The van der Waals surface area contributed by atoms with Crippen molar-refractivity contribution < 1.29 is 0 Å². The van der Waals surface area contributed by atoms with E-state index in [1.807, 2.05) is 0 Å². The number of rotatable bonds is 3. The van der Waals surface area contributed by atoms with E-state index in [0.29, 0.717) is 5.92 Å². The summed E-state index contributed by atoms with van der Waals surface area (Å²) < 4.78 is 0. The van der Waals surface area contributed by atoms with Gasteiger partial charge in [-0.2, -0.15) is 0 Å². The van der Waals surface area contributed by atoms with Crippen molar-refractivity contribution in [1.82, 2.24) is 4.90 Å². The maximum atomic E-state index is 7.93. The van der Waals surface area contributed by atoms with E-state index in [4.69, 9.17) is 5.41 Å². The SMILES string of the molecule is CCCC1CCN(C(=N)C(C)C)CC1. The van der Waals surface area contributed by atoms with Crippen molar-refractivity contribution in [2.45, 2.75) is 46.5 Å².